The molecule has 0 saturated heterocycles. The molecule has 2 aromatic carbocycles. The number of nitrogens with zero attached hydrogens (tertiary/aromatic N) is 2. The number of hydrogen-bond donors (Lipinski definition) is 1. The molecular weight excluding hydrogens is 248 g/mol. The molecule has 3 nitrogen and oxygen atoms in total. The third kappa shape index (κ3) is 2.07. The van der Waals surface area contributed by atoms with E-state index >= 15 is 0 Å². The van der Waals surface area contributed by atoms with Crippen molar-refractivity contribution in [2.45, 2.75) is 13.8 Å². The molecule has 20 heavy (non-hydrogen) atoms. The van der Waals surface area contributed by atoms with E-state index in [4.69, 9.17) is 0 Å². The average Bonchev–Trinajstić information content (AvgIpc) is 2.76. The molecule has 1 aromatic heterocycles. The SMILES string of the molecule is Cc1cccc(-c2nn(-c3ccccc3)c(O)c2C)c1. The zero-order valence-electron chi connectivity index (χ0n) is 11.5. The van der Waals surface area contributed by atoms with Crippen molar-refractivity contribution in [3.63, 3.8) is 0 Å². The van der Waals surface area contributed by atoms with Crippen LogP contribution in [0.5, 0.6) is 5.88 Å². The number of aryl methyl sites for hydroxylation is 1. The summed E-state index contributed by atoms with van der Waals surface area (Å²) in [5.74, 6) is 0.188. The van der Waals surface area contributed by atoms with Gasteiger partial charge in [-0.25, -0.2) is 4.68 Å². The van der Waals surface area contributed by atoms with Crippen LogP contribution in [0.25, 0.3) is 16.9 Å². The molecule has 0 fully saturated rings. The van der Waals surface area contributed by atoms with Crippen LogP contribution in [0.2, 0.25) is 0 Å². The third-order valence-corrected chi connectivity index (χ3v) is 3.38. The van der Waals surface area contributed by atoms with Gasteiger partial charge in [0.05, 0.1) is 11.4 Å². The molecule has 3 heteroatoms. The zero-order valence-corrected chi connectivity index (χ0v) is 11.5. The van der Waals surface area contributed by atoms with E-state index < -0.39 is 0 Å². The van der Waals surface area contributed by atoms with Crippen LogP contribution in [-0.2, 0) is 0 Å². The Kier molecular flexibility index (Phi) is 3.03. The molecule has 1 N–H and O–H groups in total. The fourth-order valence-corrected chi connectivity index (χ4v) is 2.30. The summed E-state index contributed by atoms with van der Waals surface area (Å²) < 4.78 is 1.58. The summed E-state index contributed by atoms with van der Waals surface area (Å²) in [4.78, 5) is 0. The fraction of sp³-hybridized carbons (Fsp3) is 0.118. The van der Waals surface area contributed by atoms with Gasteiger partial charge in [-0.15, -0.1) is 0 Å². The summed E-state index contributed by atoms with van der Waals surface area (Å²) in [6.45, 7) is 3.94. The van der Waals surface area contributed by atoms with Crippen molar-refractivity contribution in [1.29, 1.82) is 0 Å². The highest BCUT2D eigenvalue weighted by atomic mass is 16.3. The Hall–Kier alpha value is -2.55. The largest absolute Gasteiger partial charge is 0.493 e. The fourth-order valence-electron chi connectivity index (χ4n) is 2.30. The van der Waals surface area contributed by atoms with Crippen molar-refractivity contribution < 1.29 is 5.11 Å². The van der Waals surface area contributed by atoms with E-state index in [1.165, 1.54) is 5.56 Å². The summed E-state index contributed by atoms with van der Waals surface area (Å²) >= 11 is 0. The number of hydrogen-bond acceptors (Lipinski definition) is 2. The Morgan fingerprint density at radius 2 is 1.70 bits per heavy atom. The van der Waals surface area contributed by atoms with Crippen molar-refractivity contribution in [2.75, 3.05) is 0 Å². The highest BCUT2D eigenvalue weighted by Crippen LogP contribution is 2.31. The maximum Gasteiger partial charge on any atom is 0.217 e. The second-order valence-corrected chi connectivity index (χ2v) is 4.91. The number of benzene rings is 2. The Morgan fingerprint density at radius 1 is 0.950 bits per heavy atom. The number of para-hydroxylation sites is 1. The molecule has 0 bridgehead atoms. The minimum absolute atomic E-state index is 0.188. The molecule has 3 rings (SSSR count). The lowest BCUT2D eigenvalue weighted by molar-refractivity contribution is 0.430. The van der Waals surface area contributed by atoms with Crippen molar-refractivity contribution in [2.24, 2.45) is 0 Å². The lowest BCUT2D eigenvalue weighted by Gasteiger charge is -2.02. The van der Waals surface area contributed by atoms with Gasteiger partial charge in [0.2, 0.25) is 5.88 Å². The van der Waals surface area contributed by atoms with Gasteiger partial charge in [0.25, 0.3) is 0 Å². The maximum absolute atomic E-state index is 10.3. The van der Waals surface area contributed by atoms with Crippen molar-refractivity contribution in [3.8, 4) is 22.8 Å². The maximum atomic E-state index is 10.3. The Balaban J connectivity index is 2.16. The van der Waals surface area contributed by atoms with Gasteiger partial charge in [-0.2, -0.15) is 5.10 Å². The van der Waals surface area contributed by atoms with Crippen LogP contribution >= 0.6 is 0 Å². The van der Waals surface area contributed by atoms with Crippen molar-refractivity contribution >= 4 is 0 Å². The van der Waals surface area contributed by atoms with Gasteiger partial charge in [-0.3, -0.25) is 0 Å². The van der Waals surface area contributed by atoms with Crippen LogP contribution in [-0.4, -0.2) is 14.9 Å². The topological polar surface area (TPSA) is 38.0 Å². The molecule has 0 aliphatic rings. The zero-order chi connectivity index (χ0) is 14.1. The summed E-state index contributed by atoms with van der Waals surface area (Å²) in [6.07, 6.45) is 0. The lowest BCUT2D eigenvalue weighted by atomic mass is 10.1. The Morgan fingerprint density at radius 3 is 2.40 bits per heavy atom. The molecule has 0 amide bonds. The molecule has 0 aliphatic heterocycles. The smallest absolute Gasteiger partial charge is 0.217 e. The van der Waals surface area contributed by atoms with E-state index in [0.29, 0.717) is 0 Å². The quantitative estimate of drug-likeness (QED) is 0.763. The van der Waals surface area contributed by atoms with E-state index in [0.717, 1.165) is 22.5 Å². The van der Waals surface area contributed by atoms with Gasteiger partial charge in [-0.1, -0.05) is 42.0 Å². The van der Waals surface area contributed by atoms with E-state index in [1.54, 1.807) is 4.68 Å². The first-order chi connectivity index (χ1) is 9.66. The van der Waals surface area contributed by atoms with E-state index in [1.807, 2.05) is 62.4 Å². The molecule has 1 heterocycles. The minimum Gasteiger partial charge on any atom is -0.493 e. The van der Waals surface area contributed by atoms with Crippen LogP contribution in [0, 0.1) is 13.8 Å². The van der Waals surface area contributed by atoms with Crippen LogP contribution in [0.4, 0.5) is 0 Å². The third-order valence-electron chi connectivity index (χ3n) is 3.38. The average molecular weight is 264 g/mol. The number of aromatic hydroxyl groups is 1. The molecule has 0 aliphatic carbocycles. The Bertz CT molecular complexity index is 745. The minimum atomic E-state index is 0.188. The van der Waals surface area contributed by atoms with Crippen LogP contribution in [0.1, 0.15) is 11.1 Å². The standard InChI is InChI=1S/C17H16N2O/c1-12-7-6-8-14(11-12)16-13(2)17(20)19(18-16)15-9-4-3-5-10-15/h3-11,20H,1-2H3. The summed E-state index contributed by atoms with van der Waals surface area (Å²) in [5.41, 5.74) is 4.66. The first kappa shape index (κ1) is 12.5. The second kappa shape index (κ2) is 4.85. The van der Waals surface area contributed by atoms with Gasteiger partial charge in [-0.05, 0) is 32.0 Å². The van der Waals surface area contributed by atoms with Gasteiger partial charge in [0.1, 0.15) is 0 Å². The first-order valence-electron chi connectivity index (χ1n) is 6.58. The molecule has 100 valence electrons. The molecule has 3 aromatic rings. The van der Waals surface area contributed by atoms with Gasteiger partial charge < -0.3 is 5.11 Å². The predicted molar refractivity (Wildman–Crippen MR) is 80.1 cm³/mol. The van der Waals surface area contributed by atoms with Gasteiger partial charge in [0.15, 0.2) is 0 Å². The highest BCUT2D eigenvalue weighted by molar-refractivity contribution is 5.66. The monoisotopic (exact) mass is 264 g/mol. The summed E-state index contributed by atoms with van der Waals surface area (Å²) in [5, 5.41) is 14.9. The van der Waals surface area contributed by atoms with E-state index in [-0.39, 0.29) is 5.88 Å². The molecular formula is C17H16N2O. The molecule has 0 radical (unpaired) electrons. The predicted octanol–water partition coefficient (Wildman–Crippen LogP) is 3.86. The van der Waals surface area contributed by atoms with Gasteiger partial charge in [0, 0.05) is 11.1 Å². The van der Waals surface area contributed by atoms with Crippen molar-refractivity contribution in [3.05, 3.63) is 65.7 Å². The number of rotatable bonds is 2. The van der Waals surface area contributed by atoms with E-state index in [9.17, 15) is 5.11 Å². The molecule has 0 unspecified atom stereocenters. The normalized spacial score (nSPS) is 10.7. The molecule has 0 atom stereocenters. The van der Waals surface area contributed by atoms with Crippen molar-refractivity contribution in [1.82, 2.24) is 9.78 Å². The number of aromatic nitrogens is 2. The molecule has 0 spiro atoms. The van der Waals surface area contributed by atoms with Gasteiger partial charge >= 0.3 is 0 Å². The van der Waals surface area contributed by atoms with Crippen LogP contribution < -0.4 is 0 Å². The summed E-state index contributed by atoms with van der Waals surface area (Å²) in [7, 11) is 0. The lowest BCUT2D eigenvalue weighted by Crippen LogP contribution is -1.95. The Labute approximate surface area is 118 Å². The van der Waals surface area contributed by atoms with Crippen LogP contribution in [0.15, 0.2) is 54.6 Å². The molecule has 0 saturated carbocycles. The summed E-state index contributed by atoms with van der Waals surface area (Å²) in [6, 6.07) is 17.8. The van der Waals surface area contributed by atoms with E-state index in [2.05, 4.69) is 11.2 Å². The first-order valence-corrected chi connectivity index (χ1v) is 6.58. The van der Waals surface area contributed by atoms with Crippen LogP contribution in [0.3, 0.4) is 0 Å². The highest BCUT2D eigenvalue weighted by Gasteiger charge is 2.15. The second-order valence-electron chi connectivity index (χ2n) is 4.91.